The molecule has 0 saturated carbocycles. The van der Waals surface area contributed by atoms with Crippen LogP contribution in [0.4, 0.5) is 0 Å². The molecule has 3 nitrogen and oxygen atoms in total. The van der Waals surface area contributed by atoms with E-state index in [1.165, 1.54) is 32.1 Å². The van der Waals surface area contributed by atoms with Crippen molar-refractivity contribution in [2.24, 2.45) is 11.7 Å². The van der Waals surface area contributed by atoms with Crippen molar-refractivity contribution in [1.29, 1.82) is 0 Å². The average Bonchev–Trinajstić information content (AvgIpc) is 2.44. The van der Waals surface area contributed by atoms with Crippen molar-refractivity contribution in [3.8, 4) is 0 Å². The van der Waals surface area contributed by atoms with Crippen molar-refractivity contribution in [3.63, 3.8) is 0 Å². The fourth-order valence-electron chi connectivity index (χ4n) is 2.64. The van der Waals surface area contributed by atoms with Crippen LogP contribution < -0.4 is 5.73 Å². The summed E-state index contributed by atoms with van der Waals surface area (Å²) in [4.78, 5) is 2.42. The summed E-state index contributed by atoms with van der Waals surface area (Å²) in [5.74, 6) is 0.910. The van der Waals surface area contributed by atoms with Gasteiger partial charge in [0.15, 0.2) is 0 Å². The van der Waals surface area contributed by atoms with E-state index < -0.39 is 5.54 Å². The van der Waals surface area contributed by atoms with Crippen LogP contribution in [0.1, 0.15) is 46.0 Å². The molecule has 1 saturated heterocycles. The number of nitrogens with zero attached hydrogens (tertiary/aromatic N) is 1. The average molecular weight is 228 g/mol. The first-order chi connectivity index (χ1) is 7.57. The molecule has 2 unspecified atom stereocenters. The Morgan fingerprint density at radius 2 is 2.12 bits per heavy atom. The summed E-state index contributed by atoms with van der Waals surface area (Å²) in [7, 11) is 0. The standard InChI is InChI=1S/C13H28N2O/c1-3-5-12-6-4-8-15(9-7-12)10-13(2,14)11-16/h12,16H,3-11,14H2,1-2H3. The van der Waals surface area contributed by atoms with Crippen LogP contribution in [0.2, 0.25) is 0 Å². The molecule has 96 valence electrons. The summed E-state index contributed by atoms with van der Waals surface area (Å²) in [5, 5.41) is 9.18. The SMILES string of the molecule is CCCC1CCCN(CC(C)(N)CO)CC1. The van der Waals surface area contributed by atoms with Gasteiger partial charge in [-0.15, -0.1) is 0 Å². The van der Waals surface area contributed by atoms with E-state index in [1.807, 2.05) is 6.92 Å². The number of likely N-dealkylation sites (tertiary alicyclic amines) is 1. The van der Waals surface area contributed by atoms with Crippen molar-refractivity contribution < 1.29 is 5.11 Å². The van der Waals surface area contributed by atoms with Crippen LogP contribution in [0.3, 0.4) is 0 Å². The smallest absolute Gasteiger partial charge is 0.0621 e. The third-order valence-corrected chi connectivity index (χ3v) is 3.58. The predicted octanol–water partition coefficient (Wildman–Crippen LogP) is 1.60. The Morgan fingerprint density at radius 3 is 2.75 bits per heavy atom. The second-order valence-corrected chi connectivity index (χ2v) is 5.67. The molecule has 0 radical (unpaired) electrons. The van der Waals surface area contributed by atoms with Crippen molar-refractivity contribution in [3.05, 3.63) is 0 Å². The molecule has 1 rings (SSSR count). The maximum absolute atomic E-state index is 9.18. The number of nitrogens with two attached hydrogens (primary N) is 1. The van der Waals surface area contributed by atoms with Crippen molar-refractivity contribution >= 4 is 0 Å². The molecule has 1 aliphatic heterocycles. The van der Waals surface area contributed by atoms with Crippen LogP contribution in [-0.4, -0.2) is 41.8 Å². The molecule has 0 spiro atoms. The topological polar surface area (TPSA) is 49.5 Å². The second kappa shape index (κ2) is 6.58. The zero-order chi connectivity index (χ0) is 12.0. The molecule has 3 heteroatoms. The molecule has 0 aromatic heterocycles. The minimum Gasteiger partial charge on any atom is -0.394 e. The maximum atomic E-state index is 9.18. The van der Waals surface area contributed by atoms with Gasteiger partial charge in [-0.25, -0.2) is 0 Å². The van der Waals surface area contributed by atoms with Crippen LogP contribution in [0.25, 0.3) is 0 Å². The van der Waals surface area contributed by atoms with Crippen molar-refractivity contribution in [1.82, 2.24) is 4.90 Å². The number of aliphatic hydroxyl groups is 1. The Labute approximate surface area is 100 Å². The third-order valence-electron chi connectivity index (χ3n) is 3.58. The molecular formula is C13H28N2O. The lowest BCUT2D eigenvalue weighted by molar-refractivity contribution is 0.149. The number of rotatable bonds is 5. The van der Waals surface area contributed by atoms with Crippen LogP contribution in [0.5, 0.6) is 0 Å². The van der Waals surface area contributed by atoms with Gasteiger partial charge in [0.05, 0.1) is 6.61 Å². The van der Waals surface area contributed by atoms with E-state index in [9.17, 15) is 5.11 Å². The number of aliphatic hydroxyl groups excluding tert-OH is 1. The van der Waals surface area contributed by atoms with Crippen molar-refractivity contribution in [2.75, 3.05) is 26.2 Å². The Balaban J connectivity index is 2.35. The molecule has 0 aromatic rings. The van der Waals surface area contributed by atoms with Gasteiger partial charge in [-0.2, -0.15) is 0 Å². The first-order valence-electron chi connectivity index (χ1n) is 6.69. The molecule has 1 fully saturated rings. The highest BCUT2D eigenvalue weighted by molar-refractivity contribution is 4.83. The summed E-state index contributed by atoms with van der Waals surface area (Å²) in [6.45, 7) is 7.39. The molecule has 0 bridgehead atoms. The lowest BCUT2D eigenvalue weighted by Gasteiger charge is -2.30. The molecule has 2 atom stereocenters. The van der Waals surface area contributed by atoms with E-state index in [0.717, 1.165) is 25.6 Å². The van der Waals surface area contributed by atoms with Gasteiger partial charge < -0.3 is 15.7 Å². The normalized spacial score (nSPS) is 27.4. The summed E-state index contributed by atoms with van der Waals surface area (Å²) in [6.07, 6.45) is 6.62. The lowest BCUT2D eigenvalue weighted by atomic mass is 9.96. The summed E-state index contributed by atoms with van der Waals surface area (Å²) >= 11 is 0. The molecule has 0 amide bonds. The van der Waals surface area contributed by atoms with E-state index in [-0.39, 0.29) is 6.61 Å². The van der Waals surface area contributed by atoms with E-state index in [2.05, 4.69) is 11.8 Å². The summed E-state index contributed by atoms with van der Waals surface area (Å²) in [6, 6.07) is 0. The fourth-order valence-corrected chi connectivity index (χ4v) is 2.64. The molecule has 0 aromatic carbocycles. The van der Waals surface area contributed by atoms with E-state index in [4.69, 9.17) is 5.73 Å². The van der Waals surface area contributed by atoms with Crippen molar-refractivity contribution in [2.45, 2.75) is 51.5 Å². The van der Waals surface area contributed by atoms with Crippen LogP contribution >= 0.6 is 0 Å². The largest absolute Gasteiger partial charge is 0.394 e. The van der Waals surface area contributed by atoms with Crippen LogP contribution in [0, 0.1) is 5.92 Å². The summed E-state index contributed by atoms with van der Waals surface area (Å²) < 4.78 is 0. The van der Waals surface area contributed by atoms with Gasteiger partial charge in [0.2, 0.25) is 0 Å². The Morgan fingerprint density at radius 1 is 1.38 bits per heavy atom. The number of hydrogen-bond donors (Lipinski definition) is 2. The molecule has 3 N–H and O–H groups in total. The molecule has 1 heterocycles. The van der Waals surface area contributed by atoms with E-state index in [1.54, 1.807) is 0 Å². The molecule has 1 aliphatic rings. The molecule has 0 aliphatic carbocycles. The fraction of sp³-hybridized carbons (Fsp3) is 1.00. The zero-order valence-corrected chi connectivity index (χ0v) is 10.9. The Kier molecular flexibility index (Phi) is 5.73. The van der Waals surface area contributed by atoms with Gasteiger partial charge in [-0.1, -0.05) is 19.8 Å². The minimum atomic E-state index is -0.440. The Bertz CT molecular complexity index is 194. The highest BCUT2D eigenvalue weighted by atomic mass is 16.3. The minimum absolute atomic E-state index is 0.0713. The van der Waals surface area contributed by atoms with Gasteiger partial charge in [0.25, 0.3) is 0 Å². The van der Waals surface area contributed by atoms with Gasteiger partial charge in [-0.05, 0) is 45.2 Å². The van der Waals surface area contributed by atoms with E-state index >= 15 is 0 Å². The predicted molar refractivity (Wildman–Crippen MR) is 68.4 cm³/mol. The molecule has 16 heavy (non-hydrogen) atoms. The zero-order valence-electron chi connectivity index (χ0n) is 10.9. The highest BCUT2D eigenvalue weighted by Gasteiger charge is 2.23. The monoisotopic (exact) mass is 228 g/mol. The molecular weight excluding hydrogens is 200 g/mol. The number of hydrogen-bond acceptors (Lipinski definition) is 3. The Hall–Kier alpha value is -0.120. The van der Waals surface area contributed by atoms with Crippen LogP contribution in [-0.2, 0) is 0 Å². The van der Waals surface area contributed by atoms with Gasteiger partial charge in [0, 0.05) is 12.1 Å². The van der Waals surface area contributed by atoms with Gasteiger partial charge in [-0.3, -0.25) is 0 Å². The quantitative estimate of drug-likeness (QED) is 0.751. The van der Waals surface area contributed by atoms with Gasteiger partial charge in [0.1, 0.15) is 0 Å². The maximum Gasteiger partial charge on any atom is 0.0621 e. The first-order valence-corrected chi connectivity index (χ1v) is 6.69. The highest BCUT2D eigenvalue weighted by Crippen LogP contribution is 2.22. The lowest BCUT2D eigenvalue weighted by Crippen LogP contribution is -2.50. The summed E-state index contributed by atoms with van der Waals surface area (Å²) in [5.41, 5.74) is 5.56. The second-order valence-electron chi connectivity index (χ2n) is 5.67. The van der Waals surface area contributed by atoms with E-state index in [0.29, 0.717) is 0 Å². The first kappa shape index (κ1) is 13.9. The van der Waals surface area contributed by atoms with Crippen LogP contribution in [0.15, 0.2) is 0 Å². The van der Waals surface area contributed by atoms with Gasteiger partial charge >= 0.3 is 0 Å². The third kappa shape index (κ3) is 4.81.